The largest absolute Gasteiger partial charge is 0.504 e. The third kappa shape index (κ3) is 7.13. The van der Waals surface area contributed by atoms with Crippen LogP contribution in [0.25, 0.3) is 0 Å². The van der Waals surface area contributed by atoms with E-state index in [-0.39, 0.29) is 36.0 Å². The normalized spacial score (nSPS) is 26.3. The number of amides is 3. The number of hydrogen-bond acceptors (Lipinski definition) is 9. The van der Waals surface area contributed by atoms with Crippen molar-refractivity contribution >= 4 is 23.7 Å². The van der Waals surface area contributed by atoms with Crippen LogP contribution in [0.15, 0.2) is 18.2 Å². The summed E-state index contributed by atoms with van der Waals surface area (Å²) in [4.78, 5) is 53.5. The number of fused-ring (bicyclic) bond motifs is 2. The maximum absolute atomic E-state index is 13.5. The first-order valence-corrected chi connectivity index (χ1v) is 12.7. The maximum atomic E-state index is 13.5. The van der Waals surface area contributed by atoms with Crippen molar-refractivity contribution in [2.75, 3.05) is 27.2 Å². The van der Waals surface area contributed by atoms with Gasteiger partial charge in [-0.1, -0.05) is 26.8 Å². The first-order valence-electron chi connectivity index (χ1n) is 12.7. The smallest absolute Gasteiger partial charge is 0.325 e. The molecule has 38 heavy (non-hydrogen) atoms. The number of aromatic hydroxyl groups is 1. The Morgan fingerprint density at radius 3 is 2.39 bits per heavy atom. The molecule has 2 bridgehead atoms. The Morgan fingerprint density at radius 1 is 1.18 bits per heavy atom. The number of aliphatic hydroxyl groups excluding tert-OH is 1. The number of benzene rings is 1. The van der Waals surface area contributed by atoms with Gasteiger partial charge >= 0.3 is 5.97 Å². The highest BCUT2D eigenvalue weighted by molar-refractivity contribution is 5.94. The van der Waals surface area contributed by atoms with Crippen molar-refractivity contribution in [2.45, 2.75) is 70.9 Å². The molecule has 0 aliphatic carbocycles. The molecule has 12 nitrogen and oxygen atoms in total. The molecule has 0 radical (unpaired) electrons. The number of carbonyl (C=O) groups is 4. The van der Waals surface area contributed by atoms with Crippen LogP contribution in [0.5, 0.6) is 11.5 Å². The van der Waals surface area contributed by atoms with Crippen molar-refractivity contribution < 1.29 is 38.9 Å². The molecule has 5 atom stereocenters. The number of rotatable bonds is 7. The summed E-state index contributed by atoms with van der Waals surface area (Å²) < 4.78 is 11.0. The molecule has 0 unspecified atom stereocenters. The van der Waals surface area contributed by atoms with Gasteiger partial charge in [0.05, 0.1) is 6.61 Å². The zero-order valence-electron chi connectivity index (χ0n) is 23.0. The van der Waals surface area contributed by atoms with Crippen molar-refractivity contribution in [2.24, 2.45) is 5.92 Å². The van der Waals surface area contributed by atoms with E-state index < -0.39 is 60.1 Å². The predicted molar refractivity (Wildman–Crippen MR) is 138 cm³/mol. The zero-order chi connectivity index (χ0) is 28.8. The number of esters is 1. The fraction of sp³-hybridized carbons (Fsp3) is 0.615. The Morgan fingerprint density at radius 2 is 1.84 bits per heavy atom. The summed E-state index contributed by atoms with van der Waals surface area (Å²) in [6, 6.07) is 0.696. The number of ether oxygens (including phenoxy) is 2. The summed E-state index contributed by atoms with van der Waals surface area (Å²) in [5.41, 5.74) is -1.14. The lowest BCUT2D eigenvalue weighted by Gasteiger charge is -2.38. The molecule has 1 aliphatic heterocycles. The van der Waals surface area contributed by atoms with Crippen molar-refractivity contribution in [1.82, 2.24) is 20.9 Å². The minimum Gasteiger partial charge on any atom is -0.504 e. The van der Waals surface area contributed by atoms with Gasteiger partial charge in [0.2, 0.25) is 17.7 Å². The van der Waals surface area contributed by atoms with Crippen LogP contribution in [0, 0.1) is 5.92 Å². The van der Waals surface area contributed by atoms with E-state index in [2.05, 4.69) is 16.0 Å². The van der Waals surface area contributed by atoms with E-state index in [9.17, 15) is 29.4 Å². The van der Waals surface area contributed by atoms with Gasteiger partial charge in [0, 0.05) is 0 Å². The fourth-order valence-corrected chi connectivity index (χ4v) is 4.20. The van der Waals surface area contributed by atoms with Crippen LogP contribution < -0.4 is 20.7 Å². The van der Waals surface area contributed by atoms with E-state index in [4.69, 9.17) is 9.47 Å². The van der Waals surface area contributed by atoms with Crippen LogP contribution in [0.3, 0.4) is 0 Å². The summed E-state index contributed by atoms with van der Waals surface area (Å²) >= 11 is 0. The van der Waals surface area contributed by atoms with E-state index in [1.165, 1.54) is 23.1 Å². The van der Waals surface area contributed by atoms with Crippen LogP contribution in [0.1, 0.15) is 52.7 Å². The van der Waals surface area contributed by atoms with Gasteiger partial charge in [0.1, 0.15) is 36.4 Å². The second kappa shape index (κ2) is 12.9. The third-order valence-electron chi connectivity index (χ3n) is 6.61. The molecule has 12 heteroatoms. The summed E-state index contributed by atoms with van der Waals surface area (Å²) in [6.07, 6.45) is -1.14. The second-order valence-corrected chi connectivity index (χ2v) is 10.0. The van der Waals surface area contributed by atoms with Gasteiger partial charge in [0.25, 0.3) is 0 Å². The highest BCUT2D eigenvalue weighted by Crippen LogP contribution is 2.36. The van der Waals surface area contributed by atoms with Gasteiger partial charge in [-0.25, -0.2) is 0 Å². The molecule has 2 rings (SSSR count). The van der Waals surface area contributed by atoms with Crippen molar-refractivity contribution in [1.29, 1.82) is 0 Å². The summed E-state index contributed by atoms with van der Waals surface area (Å²) in [7, 11) is 3.23. The molecule has 1 aromatic carbocycles. The van der Waals surface area contributed by atoms with E-state index in [1.807, 2.05) is 0 Å². The van der Waals surface area contributed by atoms with Gasteiger partial charge in [-0.3, -0.25) is 24.1 Å². The number of phenolic OH excluding ortho intramolecular Hbond substituents is 1. The predicted octanol–water partition coefficient (Wildman–Crippen LogP) is 0.222. The SMILES string of the molecule is CCOC(=O)CNC(=O)[C@H]1NC(=O)[C@@H](C(C)C)NC(=O)[C@@H](N(C)C)[C@H](O)c2ccc(O)c(c2)O[C@]1(C)CC. The Hall–Kier alpha value is -3.38. The van der Waals surface area contributed by atoms with Crippen LogP contribution in [-0.2, 0) is 23.9 Å². The average Bonchev–Trinajstić information content (AvgIpc) is 2.85. The monoisotopic (exact) mass is 536 g/mol. The molecular weight excluding hydrogens is 496 g/mol. The topological polar surface area (TPSA) is 167 Å². The van der Waals surface area contributed by atoms with E-state index in [1.54, 1.807) is 48.7 Å². The summed E-state index contributed by atoms with van der Waals surface area (Å²) in [6.45, 7) is 8.12. The van der Waals surface area contributed by atoms with Crippen molar-refractivity contribution in [3.63, 3.8) is 0 Å². The number of hydrogen-bond donors (Lipinski definition) is 5. The van der Waals surface area contributed by atoms with Crippen LogP contribution in [-0.4, -0.2) is 89.8 Å². The third-order valence-corrected chi connectivity index (χ3v) is 6.61. The lowest BCUT2D eigenvalue weighted by atomic mass is 9.91. The number of carbonyl (C=O) groups excluding carboxylic acids is 4. The van der Waals surface area contributed by atoms with Crippen LogP contribution in [0.4, 0.5) is 0 Å². The second-order valence-electron chi connectivity index (χ2n) is 10.0. The van der Waals surface area contributed by atoms with Crippen molar-refractivity contribution in [3.05, 3.63) is 23.8 Å². The average molecular weight is 537 g/mol. The van der Waals surface area contributed by atoms with Gasteiger partial charge < -0.3 is 35.6 Å². The molecule has 1 heterocycles. The standard InChI is InChI=1S/C26H40N4O8/c1-8-26(5)22(25(36)27-13-18(32)37-9-2)29-23(34)19(14(3)4)28-24(35)20(30(6)7)21(33)15-10-11-16(31)17(12-15)38-26/h10-12,14,19-22,31,33H,8-9,13H2,1-7H3,(H,27,36)(H,28,35)(H,29,34)/t19-,20+,21-,22-,26-/m1/s1. The summed E-state index contributed by atoms with van der Waals surface area (Å²) in [5.74, 6) is -3.34. The highest BCUT2D eigenvalue weighted by Gasteiger charge is 2.44. The van der Waals surface area contributed by atoms with Gasteiger partial charge in [0.15, 0.2) is 11.5 Å². The molecule has 1 aliphatic rings. The van der Waals surface area contributed by atoms with Gasteiger partial charge in [-0.15, -0.1) is 0 Å². The van der Waals surface area contributed by atoms with Crippen molar-refractivity contribution in [3.8, 4) is 11.5 Å². The van der Waals surface area contributed by atoms with Gasteiger partial charge in [-0.05, 0) is 58.0 Å². The molecule has 0 aromatic heterocycles. The first kappa shape index (κ1) is 30.8. The Labute approximate surface area is 223 Å². The minimum atomic E-state index is -1.42. The molecule has 1 aromatic rings. The molecule has 0 fully saturated rings. The van der Waals surface area contributed by atoms with Gasteiger partial charge in [-0.2, -0.15) is 0 Å². The number of likely N-dealkylation sites (N-methyl/N-ethyl adjacent to an activating group) is 1. The van der Waals surface area contributed by atoms with Crippen LogP contribution in [0.2, 0.25) is 0 Å². The first-order chi connectivity index (χ1) is 17.7. The van der Waals surface area contributed by atoms with E-state index in [0.29, 0.717) is 0 Å². The molecule has 212 valence electrons. The molecular formula is C26H40N4O8. The Bertz CT molecular complexity index is 1030. The van der Waals surface area contributed by atoms with E-state index in [0.717, 1.165) is 0 Å². The zero-order valence-corrected chi connectivity index (χ0v) is 23.0. The number of phenols is 1. The van der Waals surface area contributed by atoms with E-state index >= 15 is 0 Å². The molecule has 0 saturated carbocycles. The number of nitrogens with one attached hydrogen (secondary N) is 3. The number of nitrogens with zero attached hydrogens (tertiary/aromatic N) is 1. The molecule has 0 spiro atoms. The number of aliphatic hydroxyl groups is 1. The summed E-state index contributed by atoms with van der Waals surface area (Å²) in [5, 5.41) is 29.6. The lowest BCUT2D eigenvalue weighted by Crippen LogP contribution is -2.65. The molecule has 3 amide bonds. The Balaban J connectivity index is 2.65. The quantitative estimate of drug-likeness (QED) is 0.306. The lowest BCUT2D eigenvalue weighted by molar-refractivity contribution is -0.145. The highest BCUT2D eigenvalue weighted by atomic mass is 16.5. The Kier molecular flexibility index (Phi) is 10.5. The molecule has 5 N–H and O–H groups in total. The van der Waals surface area contributed by atoms with Crippen LogP contribution >= 0.6 is 0 Å². The fourth-order valence-electron chi connectivity index (χ4n) is 4.20. The molecule has 0 saturated heterocycles. The minimum absolute atomic E-state index is 0.0547. The maximum Gasteiger partial charge on any atom is 0.325 e.